The first-order chi connectivity index (χ1) is 13.6. The van der Waals surface area contributed by atoms with Gasteiger partial charge in [-0.05, 0) is 12.1 Å². The fourth-order valence-electron chi connectivity index (χ4n) is 2.90. The average molecular weight is 379 g/mol. The Bertz CT molecular complexity index is 1160. The van der Waals surface area contributed by atoms with Gasteiger partial charge in [0.2, 0.25) is 0 Å². The Hall–Kier alpha value is -3.68. The van der Waals surface area contributed by atoms with E-state index in [9.17, 15) is 4.39 Å². The van der Waals surface area contributed by atoms with Gasteiger partial charge in [-0.25, -0.2) is 9.37 Å². The lowest BCUT2D eigenvalue weighted by Crippen LogP contribution is -2.00. The summed E-state index contributed by atoms with van der Waals surface area (Å²) in [6.45, 7) is 0. The van der Waals surface area contributed by atoms with Crippen LogP contribution < -0.4 is 14.8 Å². The van der Waals surface area contributed by atoms with Crippen LogP contribution in [0.5, 0.6) is 11.5 Å². The van der Waals surface area contributed by atoms with E-state index in [0.717, 1.165) is 22.0 Å². The molecule has 0 radical (unpaired) electrons. The number of nitrogens with one attached hydrogen (secondary N) is 1. The van der Waals surface area contributed by atoms with Crippen LogP contribution in [0.25, 0.3) is 22.0 Å². The molecule has 142 valence electrons. The number of fused-ring (bicyclic) bond motifs is 1. The molecule has 0 saturated heterocycles. The number of methoxy groups -OCH3 is 2. The Morgan fingerprint density at radius 1 is 0.964 bits per heavy atom. The summed E-state index contributed by atoms with van der Waals surface area (Å²) >= 11 is 0. The van der Waals surface area contributed by atoms with Gasteiger partial charge in [0, 0.05) is 48.1 Å². The number of hydrogen-bond donors (Lipinski definition) is 1. The largest absolute Gasteiger partial charge is 0.497 e. The molecule has 0 aliphatic rings. The van der Waals surface area contributed by atoms with Crippen LogP contribution in [-0.4, -0.2) is 34.0 Å². The zero-order valence-corrected chi connectivity index (χ0v) is 15.6. The van der Waals surface area contributed by atoms with E-state index in [4.69, 9.17) is 9.47 Å². The maximum absolute atomic E-state index is 14.6. The molecule has 0 aliphatic carbocycles. The second kappa shape index (κ2) is 7.15. The second-order valence-corrected chi connectivity index (χ2v) is 6.21. The monoisotopic (exact) mass is 379 g/mol. The Labute approximate surface area is 160 Å². The minimum absolute atomic E-state index is 0.0863. The normalized spacial score (nSPS) is 10.9. The first-order valence-corrected chi connectivity index (χ1v) is 8.51. The SMILES string of the molecule is COc1cc(Nc2cc3cc(-c4cnn(C)c4)cnc3cn2)c(F)c(OC)c1. The Kier molecular flexibility index (Phi) is 4.52. The summed E-state index contributed by atoms with van der Waals surface area (Å²) < 4.78 is 26.6. The summed E-state index contributed by atoms with van der Waals surface area (Å²) in [5.74, 6) is 0.518. The summed E-state index contributed by atoms with van der Waals surface area (Å²) in [4.78, 5) is 8.77. The molecule has 7 nitrogen and oxygen atoms in total. The molecule has 28 heavy (non-hydrogen) atoms. The number of pyridine rings is 2. The van der Waals surface area contributed by atoms with E-state index >= 15 is 0 Å². The quantitative estimate of drug-likeness (QED) is 0.566. The summed E-state index contributed by atoms with van der Waals surface area (Å²) in [7, 11) is 4.78. The molecule has 0 amide bonds. The van der Waals surface area contributed by atoms with E-state index in [1.807, 2.05) is 25.4 Å². The molecular formula is C20H18FN5O2. The van der Waals surface area contributed by atoms with E-state index in [0.29, 0.717) is 11.6 Å². The lowest BCUT2D eigenvalue weighted by molar-refractivity contribution is 0.375. The predicted molar refractivity (Wildman–Crippen MR) is 105 cm³/mol. The minimum atomic E-state index is -0.521. The minimum Gasteiger partial charge on any atom is -0.497 e. The Morgan fingerprint density at radius 2 is 1.82 bits per heavy atom. The highest BCUT2D eigenvalue weighted by molar-refractivity contribution is 5.85. The molecule has 1 N–H and O–H groups in total. The molecule has 1 aromatic carbocycles. The molecule has 0 atom stereocenters. The maximum Gasteiger partial charge on any atom is 0.188 e. The number of rotatable bonds is 5. The number of aromatic nitrogens is 4. The van der Waals surface area contributed by atoms with E-state index in [2.05, 4.69) is 20.4 Å². The van der Waals surface area contributed by atoms with Gasteiger partial charge in [-0.2, -0.15) is 5.10 Å². The molecular weight excluding hydrogens is 361 g/mol. The van der Waals surface area contributed by atoms with Crippen molar-refractivity contribution in [1.82, 2.24) is 19.7 Å². The van der Waals surface area contributed by atoms with E-state index < -0.39 is 5.82 Å². The summed E-state index contributed by atoms with van der Waals surface area (Å²) in [5, 5.41) is 8.04. The van der Waals surface area contributed by atoms with Crippen LogP contribution in [0.1, 0.15) is 0 Å². The second-order valence-electron chi connectivity index (χ2n) is 6.21. The van der Waals surface area contributed by atoms with Crippen LogP contribution in [0.2, 0.25) is 0 Å². The van der Waals surface area contributed by atoms with Crippen molar-refractivity contribution in [1.29, 1.82) is 0 Å². The molecule has 0 bridgehead atoms. The van der Waals surface area contributed by atoms with Gasteiger partial charge in [-0.3, -0.25) is 9.67 Å². The first-order valence-electron chi connectivity index (χ1n) is 8.51. The number of ether oxygens (including phenoxy) is 2. The molecule has 0 fully saturated rings. The van der Waals surface area contributed by atoms with Gasteiger partial charge >= 0.3 is 0 Å². The van der Waals surface area contributed by atoms with Crippen molar-refractivity contribution in [3.05, 3.63) is 54.9 Å². The van der Waals surface area contributed by atoms with E-state index in [-0.39, 0.29) is 11.4 Å². The highest BCUT2D eigenvalue weighted by atomic mass is 19.1. The van der Waals surface area contributed by atoms with Crippen LogP contribution in [0.3, 0.4) is 0 Å². The molecule has 4 rings (SSSR count). The van der Waals surface area contributed by atoms with Gasteiger partial charge in [0.05, 0.1) is 37.8 Å². The lowest BCUT2D eigenvalue weighted by atomic mass is 10.1. The summed E-state index contributed by atoms with van der Waals surface area (Å²) in [6.07, 6.45) is 7.11. The molecule has 3 heterocycles. The van der Waals surface area contributed by atoms with Gasteiger partial charge in [0.25, 0.3) is 0 Å². The van der Waals surface area contributed by atoms with Crippen molar-refractivity contribution in [2.75, 3.05) is 19.5 Å². The fourth-order valence-corrected chi connectivity index (χ4v) is 2.90. The smallest absolute Gasteiger partial charge is 0.188 e. The highest BCUT2D eigenvalue weighted by Crippen LogP contribution is 2.32. The van der Waals surface area contributed by atoms with Crippen LogP contribution in [0.4, 0.5) is 15.9 Å². The number of halogens is 1. The number of anilines is 2. The molecule has 0 unspecified atom stereocenters. The van der Waals surface area contributed by atoms with Gasteiger partial charge in [0.1, 0.15) is 11.6 Å². The third-order valence-corrected chi connectivity index (χ3v) is 4.34. The van der Waals surface area contributed by atoms with E-state index in [1.165, 1.54) is 20.3 Å². The number of nitrogens with zero attached hydrogens (tertiary/aromatic N) is 4. The lowest BCUT2D eigenvalue weighted by Gasteiger charge is -2.12. The first kappa shape index (κ1) is 17.7. The third kappa shape index (κ3) is 3.32. The number of benzene rings is 1. The maximum atomic E-state index is 14.6. The molecule has 0 saturated carbocycles. The zero-order chi connectivity index (χ0) is 19.7. The molecule has 3 aromatic heterocycles. The molecule has 0 aliphatic heterocycles. The Balaban J connectivity index is 1.72. The summed E-state index contributed by atoms with van der Waals surface area (Å²) in [5.41, 5.74) is 2.85. The Morgan fingerprint density at radius 3 is 2.54 bits per heavy atom. The average Bonchev–Trinajstić information content (AvgIpc) is 3.15. The van der Waals surface area contributed by atoms with Crippen LogP contribution >= 0.6 is 0 Å². The predicted octanol–water partition coefficient (Wildman–Crippen LogP) is 3.93. The zero-order valence-electron chi connectivity index (χ0n) is 15.6. The van der Waals surface area contributed by atoms with Crippen molar-refractivity contribution >= 4 is 22.4 Å². The molecule has 8 heteroatoms. The topological polar surface area (TPSA) is 74.1 Å². The molecule has 4 aromatic rings. The van der Waals surface area contributed by atoms with Crippen molar-refractivity contribution in [3.63, 3.8) is 0 Å². The molecule has 0 spiro atoms. The number of aryl methyl sites for hydroxylation is 1. The van der Waals surface area contributed by atoms with Crippen molar-refractivity contribution in [2.24, 2.45) is 7.05 Å². The van der Waals surface area contributed by atoms with E-state index in [1.54, 1.807) is 29.3 Å². The standard InChI is InChI=1S/C20H18FN5O2/c1-26-11-14(9-24-26)13-4-12-5-19(23-10-17(12)22-8-13)25-16-6-15(27-2)7-18(28-3)20(16)21/h4-11H,1-3H3,(H,23,25). The van der Waals surface area contributed by atoms with Crippen LogP contribution in [-0.2, 0) is 7.05 Å². The van der Waals surface area contributed by atoms with Crippen LogP contribution in [0.15, 0.2) is 49.1 Å². The number of hydrogen-bond acceptors (Lipinski definition) is 6. The fraction of sp³-hybridized carbons (Fsp3) is 0.150. The van der Waals surface area contributed by atoms with Gasteiger partial charge in [-0.1, -0.05) is 0 Å². The van der Waals surface area contributed by atoms with Crippen molar-refractivity contribution in [2.45, 2.75) is 0 Å². The van der Waals surface area contributed by atoms with Gasteiger partial charge in [0.15, 0.2) is 11.6 Å². The van der Waals surface area contributed by atoms with Crippen molar-refractivity contribution in [3.8, 4) is 22.6 Å². The van der Waals surface area contributed by atoms with Gasteiger partial charge in [-0.15, -0.1) is 0 Å². The summed E-state index contributed by atoms with van der Waals surface area (Å²) in [6, 6.07) is 6.84. The highest BCUT2D eigenvalue weighted by Gasteiger charge is 2.13. The van der Waals surface area contributed by atoms with Crippen LogP contribution in [0, 0.1) is 5.82 Å². The van der Waals surface area contributed by atoms with Gasteiger partial charge < -0.3 is 14.8 Å². The van der Waals surface area contributed by atoms with Crippen molar-refractivity contribution < 1.29 is 13.9 Å². The third-order valence-electron chi connectivity index (χ3n) is 4.34.